The zero-order valence-electron chi connectivity index (χ0n) is 12.8. The molecule has 3 aromatic rings. The first-order valence-corrected chi connectivity index (χ1v) is 8.99. The van der Waals surface area contributed by atoms with Crippen molar-refractivity contribution in [1.82, 2.24) is 4.98 Å². The number of halogens is 2. The standard InChI is InChI=1S/C17H11Cl2N3O2S/c18-11-2-3-12(13(19)6-11)14-8-25-17(21-14)22-20-7-10-1-4-15-16(5-10)24-9-23-15/h1-6,8H,7,9H2. The number of nitrogens with zero attached hydrogens (tertiary/aromatic N) is 3. The number of fused-ring (bicyclic) bond motifs is 1. The van der Waals surface area contributed by atoms with Crippen LogP contribution in [0.4, 0.5) is 5.13 Å². The van der Waals surface area contributed by atoms with Crippen LogP contribution in [0, 0.1) is 0 Å². The van der Waals surface area contributed by atoms with Crippen LogP contribution in [0.15, 0.2) is 52.0 Å². The van der Waals surface area contributed by atoms with Crippen molar-refractivity contribution in [3.05, 3.63) is 57.4 Å². The predicted octanol–water partition coefficient (Wildman–Crippen LogP) is 6.13. The molecule has 2 heterocycles. The van der Waals surface area contributed by atoms with Crippen molar-refractivity contribution in [3.8, 4) is 22.8 Å². The first-order valence-electron chi connectivity index (χ1n) is 7.36. The zero-order valence-corrected chi connectivity index (χ0v) is 15.1. The number of rotatable bonds is 4. The van der Waals surface area contributed by atoms with Crippen LogP contribution in [0.25, 0.3) is 11.3 Å². The Balaban J connectivity index is 1.46. The molecule has 0 N–H and O–H groups in total. The second-order valence-electron chi connectivity index (χ2n) is 5.23. The Hall–Kier alpha value is -2.15. The molecule has 8 heteroatoms. The maximum absolute atomic E-state index is 6.21. The first kappa shape index (κ1) is 16.3. The van der Waals surface area contributed by atoms with Crippen molar-refractivity contribution < 1.29 is 9.47 Å². The van der Waals surface area contributed by atoms with Crippen LogP contribution < -0.4 is 9.47 Å². The lowest BCUT2D eigenvalue weighted by molar-refractivity contribution is 0.174. The number of ether oxygens (including phenoxy) is 2. The summed E-state index contributed by atoms with van der Waals surface area (Å²) in [6.07, 6.45) is 0. The smallest absolute Gasteiger partial charge is 0.231 e. The summed E-state index contributed by atoms with van der Waals surface area (Å²) in [5.41, 5.74) is 2.56. The van der Waals surface area contributed by atoms with Crippen LogP contribution >= 0.6 is 34.5 Å². The summed E-state index contributed by atoms with van der Waals surface area (Å²) < 4.78 is 10.6. The molecule has 4 rings (SSSR count). The SMILES string of the molecule is Clc1ccc(-c2csc(N=NCc3ccc4c(c3)OCO4)n2)c(Cl)c1. The summed E-state index contributed by atoms with van der Waals surface area (Å²) in [5, 5.41) is 12.0. The summed E-state index contributed by atoms with van der Waals surface area (Å²) >= 11 is 13.5. The quantitative estimate of drug-likeness (QED) is 0.502. The molecular weight excluding hydrogens is 381 g/mol. The second-order valence-corrected chi connectivity index (χ2v) is 6.91. The van der Waals surface area contributed by atoms with Gasteiger partial charge < -0.3 is 9.47 Å². The van der Waals surface area contributed by atoms with Crippen LogP contribution in [-0.2, 0) is 6.54 Å². The number of benzene rings is 2. The van der Waals surface area contributed by atoms with Gasteiger partial charge in [-0.2, -0.15) is 5.11 Å². The minimum absolute atomic E-state index is 0.259. The Morgan fingerprint density at radius 2 is 1.96 bits per heavy atom. The molecule has 25 heavy (non-hydrogen) atoms. The van der Waals surface area contributed by atoms with E-state index in [1.165, 1.54) is 11.3 Å². The van der Waals surface area contributed by atoms with Gasteiger partial charge in [-0.05, 0) is 35.9 Å². The molecule has 0 spiro atoms. The normalized spacial score (nSPS) is 12.9. The summed E-state index contributed by atoms with van der Waals surface area (Å²) in [6, 6.07) is 11.0. The topological polar surface area (TPSA) is 56.1 Å². The summed E-state index contributed by atoms with van der Waals surface area (Å²) in [7, 11) is 0. The molecule has 0 atom stereocenters. The Labute approximate surface area is 157 Å². The summed E-state index contributed by atoms with van der Waals surface area (Å²) in [6.45, 7) is 0.697. The van der Waals surface area contributed by atoms with Gasteiger partial charge in [0.2, 0.25) is 11.9 Å². The molecule has 1 aliphatic rings. The molecule has 0 radical (unpaired) electrons. The monoisotopic (exact) mass is 391 g/mol. The van der Waals surface area contributed by atoms with Crippen molar-refractivity contribution in [3.63, 3.8) is 0 Å². The minimum Gasteiger partial charge on any atom is -0.454 e. The molecule has 0 amide bonds. The second kappa shape index (κ2) is 7.00. The Morgan fingerprint density at radius 1 is 1.08 bits per heavy atom. The van der Waals surface area contributed by atoms with Gasteiger partial charge in [0.25, 0.3) is 0 Å². The third-order valence-corrected chi connectivity index (χ3v) is 4.82. The van der Waals surface area contributed by atoms with Crippen LogP contribution in [-0.4, -0.2) is 11.8 Å². The van der Waals surface area contributed by atoms with Gasteiger partial charge in [-0.25, -0.2) is 4.98 Å². The van der Waals surface area contributed by atoms with Gasteiger partial charge in [0.1, 0.15) is 0 Å². The van der Waals surface area contributed by atoms with Gasteiger partial charge in [0.15, 0.2) is 11.5 Å². The number of hydrogen-bond acceptors (Lipinski definition) is 6. The van der Waals surface area contributed by atoms with Crippen molar-refractivity contribution >= 4 is 39.7 Å². The Morgan fingerprint density at radius 3 is 2.84 bits per heavy atom. The van der Waals surface area contributed by atoms with E-state index in [4.69, 9.17) is 32.7 Å². The molecule has 0 saturated carbocycles. The molecule has 1 aliphatic heterocycles. The van der Waals surface area contributed by atoms with Gasteiger partial charge in [-0.1, -0.05) is 29.3 Å². The van der Waals surface area contributed by atoms with Crippen LogP contribution in [0.5, 0.6) is 11.5 Å². The average molecular weight is 392 g/mol. The molecule has 2 aromatic carbocycles. The highest BCUT2D eigenvalue weighted by Crippen LogP contribution is 2.34. The lowest BCUT2D eigenvalue weighted by atomic mass is 10.2. The highest BCUT2D eigenvalue weighted by atomic mass is 35.5. The van der Waals surface area contributed by atoms with Crippen molar-refractivity contribution in [1.29, 1.82) is 0 Å². The Kier molecular flexibility index (Phi) is 4.57. The maximum atomic E-state index is 6.21. The molecule has 126 valence electrons. The molecule has 5 nitrogen and oxygen atoms in total. The Bertz CT molecular complexity index is 959. The summed E-state index contributed by atoms with van der Waals surface area (Å²) in [5.74, 6) is 1.49. The number of aromatic nitrogens is 1. The average Bonchev–Trinajstić information content (AvgIpc) is 3.23. The maximum Gasteiger partial charge on any atom is 0.231 e. The van der Waals surface area contributed by atoms with E-state index in [-0.39, 0.29) is 6.79 Å². The highest BCUT2D eigenvalue weighted by Gasteiger charge is 2.13. The molecule has 0 unspecified atom stereocenters. The van der Waals surface area contributed by atoms with E-state index < -0.39 is 0 Å². The van der Waals surface area contributed by atoms with E-state index in [0.717, 1.165) is 28.3 Å². The van der Waals surface area contributed by atoms with Gasteiger partial charge in [0, 0.05) is 16.0 Å². The minimum atomic E-state index is 0.259. The summed E-state index contributed by atoms with van der Waals surface area (Å²) in [4.78, 5) is 4.45. The number of thiazole rings is 1. The van der Waals surface area contributed by atoms with E-state index in [1.807, 2.05) is 29.6 Å². The van der Waals surface area contributed by atoms with Crippen LogP contribution in [0.1, 0.15) is 5.56 Å². The lowest BCUT2D eigenvalue weighted by Crippen LogP contribution is -1.92. The molecule has 0 bridgehead atoms. The predicted molar refractivity (Wildman–Crippen MR) is 98.4 cm³/mol. The van der Waals surface area contributed by atoms with E-state index in [1.54, 1.807) is 12.1 Å². The van der Waals surface area contributed by atoms with Gasteiger partial charge in [0.05, 0.1) is 17.3 Å². The molecular formula is C17H11Cl2N3O2S. The van der Waals surface area contributed by atoms with Crippen molar-refractivity contribution in [2.75, 3.05) is 6.79 Å². The fourth-order valence-electron chi connectivity index (χ4n) is 2.35. The molecule has 0 fully saturated rings. The van der Waals surface area contributed by atoms with Crippen LogP contribution in [0.3, 0.4) is 0 Å². The number of hydrogen-bond donors (Lipinski definition) is 0. The molecule has 0 saturated heterocycles. The van der Waals surface area contributed by atoms with Crippen LogP contribution in [0.2, 0.25) is 10.0 Å². The third kappa shape index (κ3) is 3.61. The molecule has 1 aromatic heterocycles. The van der Waals surface area contributed by atoms with Crippen molar-refractivity contribution in [2.24, 2.45) is 10.2 Å². The van der Waals surface area contributed by atoms with E-state index in [2.05, 4.69) is 15.2 Å². The van der Waals surface area contributed by atoms with Gasteiger partial charge >= 0.3 is 0 Å². The highest BCUT2D eigenvalue weighted by molar-refractivity contribution is 7.13. The van der Waals surface area contributed by atoms with E-state index in [9.17, 15) is 0 Å². The van der Waals surface area contributed by atoms with Crippen molar-refractivity contribution in [2.45, 2.75) is 6.54 Å². The van der Waals surface area contributed by atoms with Gasteiger partial charge in [-0.15, -0.1) is 16.5 Å². The fraction of sp³-hybridized carbons (Fsp3) is 0.118. The fourth-order valence-corrected chi connectivity index (χ4v) is 3.51. The van der Waals surface area contributed by atoms with E-state index in [0.29, 0.717) is 21.7 Å². The lowest BCUT2D eigenvalue weighted by Gasteiger charge is -2.00. The molecule has 0 aliphatic carbocycles. The largest absolute Gasteiger partial charge is 0.454 e. The zero-order chi connectivity index (χ0) is 17.2. The third-order valence-electron chi connectivity index (χ3n) is 3.55. The van der Waals surface area contributed by atoms with Gasteiger partial charge in [-0.3, -0.25) is 0 Å². The number of azo groups is 1. The first-order chi connectivity index (χ1) is 12.2. The van der Waals surface area contributed by atoms with E-state index >= 15 is 0 Å².